The molecule has 30 heavy (non-hydrogen) atoms. The molecule has 2 amide bonds. The lowest BCUT2D eigenvalue weighted by molar-refractivity contribution is -0.142. The van der Waals surface area contributed by atoms with E-state index in [4.69, 9.17) is 9.47 Å². The smallest absolute Gasteiger partial charge is 0.314 e. The third kappa shape index (κ3) is 6.90. The first-order valence-corrected chi connectivity index (χ1v) is 9.54. The number of nitrogens with one attached hydrogen (secondary N) is 1. The zero-order valence-corrected chi connectivity index (χ0v) is 17.0. The number of aliphatic imine (C=N–C) groups is 1. The molecule has 1 aromatic carbocycles. The Labute approximate surface area is 174 Å². The molecule has 1 fully saturated rings. The Balaban J connectivity index is 1.94. The van der Waals surface area contributed by atoms with E-state index >= 15 is 0 Å². The summed E-state index contributed by atoms with van der Waals surface area (Å²) in [5, 5.41) is 22.3. The summed E-state index contributed by atoms with van der Waals surface area (Å²) >= 11 is 0. The number of ether oxygens (including phenoxy) is 2. The number of carbonyl (C=O) groups excluding carboxylic acids is 2. The van der Waals surface area contributed by atoms with E-state index in [9.17, 15) is 24.6 Å². The highest BCUT2D eigenvalue weighted by Crippen LogP contribution is 2.23. The molecule has 3 atom stereocenters. The van der Waals surface area contributed by atoms with Crippen molar-refractivity contribution >= 4 is 24.0 Å². The van der Waals surface area contributed by atoms with Crippen molar-refractivity contribution in [1.82, 2.24) is 10.2 Å². The van der Waals surface area contributed by atoms with Crippen LogP contribution >= 0.6 is 0 Å². The number of nitrogens with zero attached hydrogens (tertiary/aromatic N) is 2. The number of benzene rings is 1. The quantitative estimate of drug-likeness (QED) is 0.469. The molecule has 1 aromatic rings. The Morgan fingerprint density at radius 2 is 1.90 bits per heavy atom. The Morgan fingerprint density at radius 1 is 1.27 bits per heavy atom. The number of morpholine rings is 1. The minimum atomic E-state index is -1.43. The number of aliphatic carboxylic acids is 1. The predicted molar refractivity (Wildman–Crippen MR) is 107 cm³/mol. The lowest BCUT2D eigenvalue weighted by atomic mass is 9.96. The van der Waals surface area contributed by atoms with Crippen LogP contribution in [-0.2, 0) is 19.1 Å². The Bertz CT molecular complexity index is 760. The van der Waals surface area contributed by atoms with E-state index in [-0.39, 0.29) is 12.5 Å². The Morgan fingerprint density at radius 3 is 2.47 bits per heavy atom. The van der Waals surface area contributed by atoms with Gasteiger partial charge in [-0.05, 0) is 24.6 Å². The van der Waals surface area contributed by atoms with Gasteiger partial charge in [-0.15, -0.1) is 0 Å². The fourth-order valence-corrected chi connectivity index (χ4v) is 2.87. The van der Waals surface area contributed by atoms with Gasteiger partial charge in [-0.3, -0.25) is 19.3 Å². The van der Waals surface area contributed by atoms with E-state index in [1.54, 1.807) is 12.1 Å². The summed E-state index contributed by atoms with van der Waals surface area (Å²) in [6.45, 7) is 3.98. The largest absolute Gasteiger partial charge is 0.497 e. The SMILES string of the molecule is COc1ccc([C@@H](O)C(/C=N/C(=O)[C@H](C)NC(=O)CN2CCOCC2)C(=O)O)cc1. The summed E-state index contributed by atoms with van der Waals surface area (Å²) in [5.41, 5.74) is 0.342. The van der Waals surface area contributed by atoms with Crippen molar-refractivity contribution in [3.63, 3.8) is 0 Å². The van der Waals surface area contributed by atoms with Gasteiger partial charge in [-0.1, -0.05) is 12.1 Å². The van der Waals surface area contributed by atoms with Crippen LogP contribution in [0.25, 0.3) is 0 Å². The first-order valence-electron chi connectivity index (χ1n) is 9.54. The number of carboxylic acids is 1. The van der Waals surface area contributed by atoms with Crippen LogP contribution in [-0.4, -0.2) is 85.1 Å². The van der Waals surface area contributed by atoms with Gasteiger partial charge in [0, 0.05) is 19.3 Å². The number of carboxylic acid groups (broad SMARTS) is 1. The van der Waals surface area contributed by atoms with Crippen LogP contribution in [0.3, 0.4) is 0 Å². The van der Waals surface area contributed by atoms with Crippen molar-refractivity contribution in [3.05, 3.63) is 29.8 Å². The van der Waals surface area contributed by atoms with E-state index in [0.29, 0.717) is 37.6 Å². The third-order valence-electron chi connectivity index (χ3n) is 4.66. The van der Waals surface area contributed by atoms with Crippen LogP contribution < -0.4 is 10.1 Å². The molecule has 1 aliphatic heterocycles. The standard InChI is InChI=1S/C20H27N3O7/c1-13(22-17(24)12-23-7-9-30-10-8-23)19(26)21-11-16(20(27)28)18(25)14-3-5-15(29-2)6-4-14/h3-6,11,13,16,18,25H,7-10,12H2,1-2H3,(H,22,24)(H,27,28)/b21-11+/t13-,16?,18+/m0/s1. The molecule has 10 nitrogen and oxygen atoms in total. The number of aliphatic hydroxyl groups is 1. The van der Waals surface area contributed by atoms with Crippen LogP contribution in [0.5, 0.6) is 5.75 Å². The van der Waals surface area contributed by atoms with Crippen LogP contribution in [0.15, 0.2) is 29.3 Å². The highest BCUT2D eigenvalue weighted by molar-refractivity contribution is 5.97. The molecule has 10 heteroatoms. The monoisotopic (exact) mass is 421 g/mol. The van der Waals surface area contributed by atoms with Gasteiger partial charge in [0.25, 0.3) is 5.91 Å². The van der Waals surface area contributed by atoms with Gasteiger partial charge in [-0.2, -0.15) is 0 Å². The van der Waals surface area contributed by atoms with Gasteiger partial charge in [0.05, 0.1) is 33.0 Å². The second-order valence-electron chi connectivity index (χ2n) is 6.88. The molecule has 1 aliphatic rings. The predicted octanol–water partition coefficient (Wildman–Crippen LogP) is -0.136. The highest BCUT2D eigenvalue weighted by atomic mass is 16.5. The van der Waals surface area contributed by atoms with Crippen LogP contribution in [0.2, 0.25) is 0 Å². The molecule has 0 saturated carbocycles. The van der Waals surface area contributed by atoms with Crippen LogP contribution in [0.1, 0.15) is 18.6 Å². The number of carbonyl (C=O) groups is 3. The van der Waals surface area contributed by atoms with Crippen molar-refractivity contribution in [2.45, 2.75) is 19.1 Å². The van der Waals surface area contributed by atoms with Crippen molar-refractivity contribution in [2.75, 3.05) is 40.0 Å². The van der Waals surface area contributed by atoms with Gasteiger partial charge in [0.15, 0.2) is 0 Å². The van der Waals surface area contributed by atoms with Crippen LogP contribution in [0.4, 0.5) is 0 Å². The molecule has 1 saturated heterocycles. The van der Waals surface area contributed by atoms with Gasteiger partial charge in [0.2, 0.25) is 5.91 Å². The summed E-state index contributed by atoms with van der Waals surface area (Å²) in [5.74, 6) is -3.25. The summed E-state index contributed by atoms with van der Waals surface area (Å²) in [6.07, 6.45) is -0.513. The van der Waals surface area contributed by atoms with Crippen molar-refractivity contribution in [3.8, 4) is 5.75 Å². The second-order valence-corrected chi connectivity index (χ2v) is 6.88. The minimum Gasteiger partial charge on any atom is -0.497 e. The molecule has 2 rings (SSSR count). The Hall–Kier alpha value is -2.82. The highest BCUT2D eigenvalue weighted by Gasteiger charge is 2.27. The number of hydrogen-bond acceptors (Lipinski definition) is 7. The summed E-state index contributed by atoms with van der Waals surface area (Å²) in [6, 6.07) is 5.31. The van der Waals surface area contributed by atoms with E-state index < -0.39 is 29.9 Å². The lowest BCUT2D eigenvalue weighted by Gasteiger charge is -2.26. The molecular weight excluding hydrogens is 394 g/mol. The minimum absolute atomic E-state index is 0.138. The first kappa shape index (κ1) is 23.5. The number of aliphatic hydroxyl groups excluding tert-OH is 1. The van der Waals surface area contributed by atoms with Crippen molar-refractivity contribution in [2.24, 2.45) is 10.9 Å². The maximum Gasteiger partial charge on any atom is 0.314 e. The maximum absolute atomic E-state index is 12.2. The maximum atomic E-state index is 12.2. The van der Waals surface area contributed by atoms with Gasteiger partial charge in [0.1, 0.15) is 17.7 Å². The number of rotatable bonds is 9. The lowest BCUT2D eigenvalue weighted by Crippen LogP contribution is -2.46. The Kier molecular flexibility index (Phi) is 8.90. The van der Waals surface area contributed by atoms with Crippen molar-refractivity contribution in [1.29, 1.82) is 0 Å². The average Bonchev–Trinajstić information content (AvgIpc) is 2.74. The third-order valence-corrected chi connectivity index (χ3v) is 4.66. The molecular formula is C20H27N3O7. The molecule has 1 heterocycles. The number of amides is 2. The topological polar surface area (TPSA) is 138 Å². The molecule has 0 bridgehead atoms. The first-order chi connectivity index (χ1) is 14.3. The molecule has 1 unspecified atom stereocenters. The van der Waals surface area contributed by atoms with Gasteiger partial charge < -0.3 is 25.0 Å². The van der Waals surface area contributed by atoms with E-state index in [1.807, 2.05) is 4.90 Å². The molecule has 0 spiro atoms. The molecule has 3 N–H and O–H groups in total. The molecule has 0 aromatic heterocycles. The van der Waals surface area contributed by atoms with E-state index in [0.717, 1.165) is 6.21 Å². The summed E-state index contributed by atoms with van der Waals surface area (Å²) in [7, 11) is 1.49. The normalized spacial score (nSPS) is 17.8. The fourth-order valence-electron chi connectivity index (χ4n) is 2.87. The zero-order chi connectivity index (χ0) is 22.1. The van der Waals surface area contributed by atoms with Gasteiger partial charge in [-0.25, -0.2) is 4.99 Å². The fraction of sp³-hybridized carbons (Fsp3) is 0.500. The molecule has 0 radical (unpaired) electrons. The molecule has 0 aliphatic carbocycles. The van der Waals surface area contributed by atoms with E-state index in [2.05, 4.69) is 10.3 Å². The van der Waals surface area contributed by atoms with Gasteiger partial charge >= 0.3 is 5.97 Å². The number of hydrogen-bond donors (Lipinski definition) is 3. The zero-order valence-electron chi connectivity index (χ0n) is 17.0. The summed E-state index contributed by atoms with van der Waals surface area (Å²) in [4.78, 5) is 41.4. The molecule has 164 valence electrons. The van der Waals surface area contributed by atoms with Crippen LogP contribution in [0, 0.1) is 5.92 Å². The van der Waals surface area contributed by atoms with E-state index in [1.165, 1.54) is 26.2 Å². The summed E-state index contributed by atoms with van der Waals surface area (Å²) < 4.78 is 10.2. The van der Waals surface area contributed by atoms with Crippen molar-refractivity contribution < 1.29 is 34.1 Å². The number of methoxy groups -OCH3 is 1. The average molecular weight is 421 g/mol. The second kappa shape index (κ2) is 11.4.